The highest BCUT2D eigenvalue weighted by Crippen LogP contribution is 2.18. The summed E-state index contributed by atoms with van der Waals surface area (Å²) in [6.07, 6.45) is 0.851. The zero-order valence-corrected chi connectivity index (χ0v) is 11.5. The summed E-state index contributed by atoms with van der Waals surface area (Å²) in [5, 5.41) is 0. The van der Waals surface area contributed by atoms with Gasteiger partial charge in [-0.3, -0.25) is 0 Å². The summed E-state index contributed by atoms with van der Waals surface area (Å²) < 4.78 is 30.6. The van der Waals surface area contributed by atoms with Gasteiger partial charge in [0.05, 0.1) is 12.4 Å². The third-order valence-corrected chi connectivity index (χ3v) is 3.28. The Morgan fingerprint density at radius 3 is 2.38 bits per heavy atom. The van der Waals surface area contributed by atoms with Gasteiger partial charge in [0.25, 0.3) is 0 Å². The molecule has 0 amide bonds. The monoisotopic (exact) mass is 307 g/mol. The Hall–Kier alpha value is -0.430. The van der Waals surface area contributed by atoms with Crippen LogP contribution in [0.25, 0.3) is 0 Å². The molecule has 0 aliphatic heterocycles. The van der Waals surface area contributed by atoms with Crippen molar-refractivity contribution >= 4 is 26.0 Å². The van der Waals surface area contributed by atoms with E-state index in [1.54, 1.807) is 7.11 Å². The normalized spacial score (nSPS) is 13.7. The Morgan fingerprint density at radius 1 is 1.38 bits per heavy atom. The summed E-state index contributed by atoms with van der Waals surface area (Å²) in [6, 6.07) is 7.56. The van der Waals surface area contributed by atoms with Gasteiger partial charge < -0.3 is 4.74 Å². The first kappa shape index (κ1) is 13.6. The molecule has 0 radical (unpaired) electrons. The van der Waals surface area contributed by atoms with E-state index < -0.39 is 10.0 Å². The smallest absolute Gasteiger partial charge is 0.208 e. The quantitative estimate of drug-likeness (QED) is 0.900. The Balaban J connectivity index is 2.71. The number of benzene rings is 1. The molecule has 90 valence electrons. The number of nitrogens with one attached hydrogen (secondary N) is 1. The number of ether oxygens (including phenoxy) is 1. The van der Waals surface area contributed by atoms with Crippen LogP contribution in [0.1, 0.15) is 11.7 Å². The molecule has 1 atom stereocenters. The molecule has 1 unspecified atom stereocenters. The van der Waals surface area contributed by atoms with Crippen molar-refractivity contribution in [3.63, 3.8) is 0 Å². The number of methoxy groups -OCH3 is 1. The lowest BCUT2D eigenvalue weighted by Gasteiger charge is -2.15. The topological polar surface area (TPSA) is 55.4 Å². The van der Waals surface area contributed by atoms with Crippen molar-refractivity contribution in [3.8, 4) is 0 Å². The lowest BCUT2D eigenvalue weighted by atomic mass is 10.1. The Labute approximate surface area is 104 Å². The van der Waals surface area contributed by atoms with Crippen molar-refractivity contribution in [3.05, 3.63) is 34.3 Å². The van der Waals surface area contributed by atoms with Crippen LogP contribution in [0.2, 0.25) is 0 Å². The van der Waals surface area contributed by atoms with Crippen LogP contribution in [-0.4, -0.2) is 28.3 Å². The SMILES string of the molecule is COC(CNS(C)(=O)=O)c1ccc(Br)cc1. The fraction of sp³-hybridized carbons (Fsp3) is 0.400. The maximum atomic E-state index is 11.0. The average Bonchev–Trinajstić information content (AvgIpc) is 2.20. The minimum Gasteiger partial charge on any atom is -0.375 e. The van der Waals surface area contributed by atoms with Crippen molar-refractivity contribution in [2.45, 2.75) is 6.10 Å². The van der Waals surface area contributed by atoms with E-state index in [1.807, 2.05) is 24.3 Å². The number of halogens is 1. The van der Waals surface area contributed by atoms with Gasteiger partial charge in [0.15, 0.2) is 0 Å². The van der Waals surface area contributed by atoms with Crippen LogP contribution in [0.3, 0.4) is 0 Å². The van der Waals surface area contributed by atoms with Gasteiger partial charge in [-0.15, -0.1) is 0 Å². The molecule has 0 spiro atoms. The fourth-order valence-corrected chi connectivity index (χ4v) is 1.96. The van der Waals surface area contributed by atoms with E-state index in [1.165, 1.54) is 0 Å². The molecule has 0 saturated carbocycles. The molecule has 1 N–H and O–H groups in total. The van der Waals surface area contributed by atoms with E-state index in [2.05, 4.69) is 20.7 Å². The molecular formula is C10H14BrNO3S. The molecule has 0 aromatic heterocycles. The van der Waals surface area contributed by atoms with E-state index >= 15 is 0 Å². The van der Waals surface area contributed by atoms with Gasteiger partial charge in [-0.05, 0) is 17.7 Å². The predicted molar refractivity (Wildman–Crippen MR) is 66.7 cm³/mol. The molecule has 0 heterocycles. The van der Waals surface area contributed by atoms with Crippen molar-refractivity contribution in [1.29, 1.82) is 0 Å². The summed E-state index contributed by atoms with van der Waals surface area (Å²) in [5.74, 6) is 0. The highest BCUT2D eigenvalue weighted by molar-refractivity contribution is 9.10. The standard InChI is InChI=1S/C10H14BrNO3S/c1-15-10(7-12-16(2,13)14)8-3-5-9(11)6-4-8/h3-6,10,12H,7H2,1-2H3. The maximum absolute atomic E-state index is 11.0. The first-order valence-electron chi connectivity index (χ1n) is 4.65. The minimum atomic E-state index is -3.18. The molecule has 1 rings (SSSR count). The molecule has 6 heteroatoms. The average molecular weight is 308 g/mol. The van der Waals surface area contributed by atoms with E-state index in [0.717, 1.165) is 16.3 Å². The third kappa shape index (κ3) is 4.61. The molecule has 1 aromatic carbocycles. The molecule has 16 heavy (non-hydrogen) atoms. The van der Waals surface area contributed by atoms with Crippen LogP contribution in [-0.2, 0) is 14.8 Å². The second-order valence-corrected chi connectivity index (χ2v) is 6.15. The van der Waals surface area contributed by atoms with E-state index in [-0.39, 0.29) is 12.6 Å². The molecule has 0 bridgehead atoms. The molecule has 4 nitrogen and oxygen atoms in total. The Kier molecular flexibility index (Phi) is 4.91. The fourth-order valence-electron chi connectivity index (χ4n) is 1.24. The first-order chi connectivity index (χ1) is 7.42. The highest BCUT2D eigenvalue weighted by atomic mass is 79.9. The number of hydrogen-bond donors (Lipinski definition) is 1. The van der Waals surface area contributed by atoms with Crippen LogP contribution >= 0.6 is 15.9 Å². The van der Waals surface area contributed by atoms with E-state index in [0.29, 0.717) is 0 Å². The summed E-state index contributed by atoms with van der Waals surface area (Å²) in [6.45, 7) is 0.233. The molecule has 1 aromatic rings. The van der Waals surface area contributed by atoms with Gasteiger partial charge in [-0.25, -0.2) is 13.1 Å². The Morgan fingerprint density at radius 2 is 1.94 bits per heavy atom. The van der Waals surface area contributed by atoms with Gasteiger partial charge in [0, 0.05) is 18.1 Å². The zero-order chi connectivity index (χ0) is 12.2. The summed E-state index contributed by atoms with van der Waals surface area (Å²) >= 11 is 3.33. The summed E-state index contributed by atoms with van der Waals surface area (Å²) in [7, 11) is -1.63. The van der Waals surface area contributed by atoms with Gasteiger partial charge in [0.2, 0.25) is 10.0 Å². The van der Waals surface area contributed by atoms with Crippen LogP contribution in [0.5, 0.6) is 0 Å². The van der Waals surface area contributed by atoms with Gasteiger partial charge in [0.1, 0.15) is 0 Å². The van der Waals surface area contributed by atoms with Crippen molar-refractivity contribution in [1.82, 2.24) is 4.72 Å². The predicted octanol–water partition coefficient (Wildman–Crippen LogP) is 1.69. The van der Waals surface area contributed by atoms with Crippen molar-refractivity contribution in [2.24, 2.45) is 0 Å². The van der Waals surface area contributed by atoms with Gasteiger partial charge >= 0.3 is 0 Å². The highest BCUT2D eigenvalue weighted by Gasteiger charge is 2.12. The van der Waals surface area contributed by atoms with Gasteiger partial charge in [-0.2, -0.15) is 0 Å². The molecule has 0 aliphatic carbocycles. The van der Waals surface area contributed by atoms with Crippen LogP contribution in [0, 0.1) is 0 Å². The van der Waals surface area contributed by atoms with Crippen LogP contribution in [0.4, 0.5) is 0 Å². The first-order valence-corrected chi connectivity index (χ1v) is 7.33. The molecule has 0 fully saturated rings. The Bertz CT molecular complexity index is 430. The number of hydrogen-bond acceptors (Lipinski definition) is 3. The van der Waals surface area contributed by atoms with Gasteiger partial charge in [-0.1, -0.05) is 28.1 Å². The lowest BCUT2D eigenvalue weighted by molar-refractivity contribution is 0.107. The third-order valence-electron chi connectivity index (χ3n) is 2.06. The summed E-state index contributed by atoms with van der Waals surface area (Å²) in [5.41, 5.74) is 0.932. The van der Waals surface area contributed by atoms with Crippen LogP contribution in [0.15, 0.2) is 28.7 Å². The van der Waals surface area contributed by atoms with E-state index in [4.69, 9.17) is 4.74 Å². The van der Waals surface area contributed by atoms with Crippen LogP contribution < -0.4 is 4.72 Å². The van der Waals surface area contributed by atoms with Crippen molar-refractivity contribution in [2.75, 3.05) is 19.9 Å². The zero-order valence-electron chi connectivity index (χ0n) is 9.10. The van der Waals surface area contributed by atoms with Crippen molar-refractivity contribution < 1.29 is 13.2 Å². The largest absolute Gasteiger partial charge is 0.375 e. The second kappa shape index (κ2) is 5.77. The summed E-state index contributed by atoms with van der Waals surface area (Å²) in [4.78, 5) is 0. The second-order valence-electron chi connectivity index (χ2n) is 3.40. The number of rotatable bonds is 5. The molecule has 0 saturated heterocycles. The molecular weight excluding hydrogens is 294 g/mol. The molecule has 0 aliphatic rings. The lowest BCUT2D eigenvalue weighted by Crippen LogP contribution is -2.28. The number of sulfonamides is 1. The van der Waals surface area contributed by atoms with E-state index in [9.17, 15) is 8.42 Å². The minimum absolute atomic E-state index is 0.233. The maximum Gasteiger partial charge on any atom is 0.208 e.